The lowest BCUT2D eigenvalue weighted by Gasteiger charge is -2.24. The first-order chi connectivity index (χ1) is 9.77. The summed E-state index contributed by atoms with van der Waals surface area (Å²) in [6.07, 6.45) is 2.40. The van der Waals surface area contributed by atoms with Crippen molar-refractivity contribution >= 4 is 17.7 Å². The Bertz CT molecular complexity index is 539. The van der Waals surface area contributed by atoms with E-state index in [0.29, 0.717) is 11.3 Å². The molecule has 20 heavy (non-hydrogen) atoms. The second-order valence-electron chi connectivity index (χ2n) is 6.34. The molecule has 0 bridgehead atoms. The smallest absolute Gasteiger partial charge is 0.231 e. The summed E-state index contributed by atoms with van der Waals surface area (Å²) in [5.41, 5.74) is 1.62. The minimum absolute atomic E-state index is 0.0840. The summed E-state index contributed by atoms with van der Waals surface area (Å²) in [5.74, 6) is 1.35. The molecule has 3 heterocycles. The van der Waals surface area contributed by atoms with Crippen LogP contribution in [0.5, 0.6) is 0 Å². The first-order valence-electron chi connectivity index (χ1n) is 7.49. The number of nitrogens with zero attached hydrogens (tertiary/aromatic N) is 1. The molecule has 3 aliphatic rings. The van der Waals surface area contributed by atoms with E-state index in [4.69, 9.17) is 0 Å². The normalized spacial score (nSPS) is 32.0. The van der Waals surface area contributed by atoms with Crippen LogP contribution >= 0.6 is 11.8 Å². The zero-order valence-electron chi connectivity index (χ0n) is 11.6. The Morgan fingerprint density at radius 2 is 2.25 bits per heavy atom. The summed E-state index contributed by atoms with van der Waals surface area (Å²) in [7, 11) is 0. The highest BCUT2D eigenvalue weighted by Gasteiger charge is 2.44. The van der Waals surface area contributed by atoms with E-state index in [2.05, 4.69) is 34.5 Å². The molecule has 3 aliphatic heterocycles. The number of carbonyl (C=O) groups is 1. The minimum Gasteiger partial charge on any atom is -0.342 e. The van der Waals surface area contributed by atoms with Gasteiger partial charge in [0.15, 0.2) is 0 Å². The third-order valence-corrected chi connectivity index (χ3v) is 6.26. The van der Waals surface area contributed by atoms with Gasteiger partial charge in [0.05, 0.1) is 5.92 Å². The molecular weight excluding hydrogens is 268 g/mol. The van der Waals surface area contributed by atoms with Crippen molar-refractivity contribution < 1.29 is 4.79 Å². The lowest BCUT2D eigenvalue weighted by atomic mass is 9.86. The SMILES string of the molecule is O=C(C1CSc2ccccc21)N1CCC2(CCNC2)C1. The fourth-order valence-corrected chi connectivity index (χ4v) is 5.07. The van der Waals surface area contributed by atoms with Gasteiger partial charge in [-0.2, -0.15) is 0 Å². The first-order valence-corrected chi connectivity index (χ1v) is 8.47. The molecule has 0 saturated carbocycles. The van der Waals surface area contributed by atoms with Gasteiger partial charge in [0.25, 0.3) is 0 Å². The van der Waals surface area contributed by atoms with Crippen LogP contribution in [0.2, 0.25) is 0 Å². The molecule has 4 rings (SSSR count). The van der Waals surface area contributed by atoms with Gasteiger partial charge in [0.1, 0.15) is 0 Å². The maximum absolute atomic E-state index is 12.8. The van der Waals surface area contributed by atoms with Gasteiger partial charge < -0.3 is 10.2 Å². The van der Waals surface area contributed by atoms with E-state index in [0.717, 1.165) is 31.9 Å². The van der Waals surface area contributed by atoms with Crippen molar-refractivity contribution in [3.63, 3.8) is 0 Å². The molecule has 1 aromatic rings. The number of hydrogen-bond acceptors (Lipinski definition) is 3. The summed E-state index contributed by atoms with van der Waals surface area (Å²) in [4.78, 5) is 16.3. The molecule has 2 unspecified atom stereocenters. The number of fused-ring (bicyclic) bond motifs is 1. The maximum Gasteiger partial charge on any atom is 0.231 e. The Kier molecular flexibility index (Phi) is 3.04. The number of nitrogens with one attached hydrogen (secondary N) is 1. The predicted octanol–water partition coefficient (Wildman–Crippen LogP) is 2.09. The fraction of sp³-hybridized carbons (Fsp3) is 0.562. The van der Waals surface area contributed by atoms with Crippen LogP contribution in [0.4, 0.5) is 0 Å². The van der Waals surface area contributed by atoms with Crippen LogP contribution in [0.3, 0.4) is 0 Å². The summed E-state index contributed by atoms with van der Waals surface area (Å²) in [6, 6.07) is 8.38. The maximum atomic E-state index is 12.8. The highest BCUT2D eigenvalue weighted by Crippen LogP contribution is 2.42. The molecule has 2 saturated heterocycles. The Balaban J connectivity index is 1.52. The molecular formula is C16H20N2OS. The van der Waals surface area contributed by atoms with Crippen molar-refractivity contribution in [3.05, 3.63) is 29.8 Å². The molecule has 1 amide bonds. The van der Waals surface area contributed by atoms with Crippen LogP contribution in [0.15, 0.2) is 29.2 Å². The van der Waals surface area contributed by atoms with Gasteiger partial charge >= 0.3 is 0 Å². The fourth-order valence-electron chi connectivity index (χ4n) is 3.85. The molecule has 2 atom stereocenters. The second-order valence-corrected chi connectivity index (χ2v) is 7.40. The Morgan fingerprint density at radius 1 is 1.35 bits per heavy atom. The summed E-state index contributed by atoms with van der Waals surface area (Å²) < 4.78 is 0. The molecule has 0 radical (unpaired) electrons. The molecule has 1 aromatic carbocycles. The van der Waals surface area contributed by atoms with Gasteiger partial charge in [-0.15, -0.1) is 11.8 Å². The van der Waals surface area contributed by atoms with E-state index in [-0.39, 0.29) is 5.92 Å². The first kappa shape index (κ1) is 12.7. The molecule has 0 aliphatic carbocycles. The quantitative estimate of drug-likeness (QED) is 0.859. The number of hydrogen-bond donors (Lipinski definition) is 1. The average molecular weight is 288 g/mol. The van der Waals surface area contributed by atoms with Gasteiger partial charge in [-0.3, -0.25) is 4.79 Å². The van der Waals surface area contributed by atoms with Gasteiger partial charge in [0.2, 0.25) is 5.91 Å². The van der Waals surface area contributed by atoms with E-state index >= 15 is 0 Å². The van der Waals surface area contributed by atoms with Crippen LogP contribution in [0, 0.1) is 5.41 Å². The monoisotopic (exact) mass is 288 g/mol. The van der Waals surface area contributed by atoms with Crippen molar-refractivity contribution in [2.75, 3.05) is 31.9 Å². The van der Waals surface area contributed by atoms with Crippen molar-refractivity contribution in [2.24, 2.45) is 5.41 Å². The topological polar surface area (TPSA) is 32.3 Å². The summed E-state index contributed by atoms with van der Waals surface area (Å²) in [6.45, 7) is 4.11. The highest BCUT2D eigenvalue weighted by molar-refractivity contribution is 7.99. The molecule has 0 aromatic heterocycles. The highest BCUT2D eigenvalue weighted by atomic mass is 32.2. The number of likely N-dealkylation sites (tertiary alicyclic amines) is 1. The Hall–Kier alpha value is -1.00. The van der Waals surface area contributed by atoms with Gasteiger partial charge in [-0.1, -0.05) is 18.2 Å². The Labute approximate surface area is 124 Å². The molecule has 2 fully saturated rings. The molecule has 4 heteroatoms. The molecule has 1 spiro atoms. The van der Waals surface area contributed by atoms with Crippen LogP contribution < -0.4 is 5.32 Å². The van der Waals surface area contributed by atoms with Crippen LogP contribution in [-0.4, -0.2) is 42.7 Å². The molecule has 1 N–H and O–H groups in total. The van der Waals surface area contributed by atoms with Gasteiger partial charge in [-0.05, 0) is 31.0 Å². The second kappa shape index (κ2) is 4.78. The number of thioether (sulfide) groups is 1. The third-order valence-electron chi connectivity index (χ3n) is 5.08. The summed E-state index contributed by atoms with van der Waals surface area (Å²) in [5, 5.41) is 3.46. The van der Waals surface area contributed by atoms with Crippen molar-refractivity contribution in [3.8, 4) is 0 Å². The zero-order chi connectivity index (χ0) is 13.6. The minimum atomic E-state index is 0.0840. The number of carbonyl (C=O) groups excluding carboxylic acids is 1. The van der Waals surface area contributed by atoms with E-state index in [1.165, 1.54) is 23.3 Å². The van der Waals surface area contributed by atoms with Gasteiger partial charge in [-0.25, -0.2) is 0 Å². The standard InChI is InChI=1S/C16H20N2OS/c19-15(13-9-20-14-4-2-1-3-12(13)14)18-8-6-16(11-18)5-7-17-10-16/h1-4,13,17H,5-11H2. The molecule has 3 nitrogen and oxygen atoms in total. The Morgan fingerprint density at radius 3 is 3.10 bits per heavy atom. The van der Waals surface area contributed by atoms with Gasteiger partial charge in [0, 0.05) is 35.7 Å². The number of rotatable bonds is 1. The lowest BCUT2D eigenvalue weighted by molar-refractivity contribution is -0.131. The van der Waals surface area contributed by atoms with Crippen LogP contribution in [-0.2, 0) is 4.79 Å². The van der Waals surface area contributed by atoms with Crippen molar-refractivity contribution in [1.29, 1.82) is 0 Å². The van der Waals surface area contributed by atoms with Crippen molar-refractivity contribution in [2.45, 2.75) is 23.7 Å². The summed E-state index contributed by atoms with van der Waals surface area (Å²) >= 11 is 1.83. The number of benzene rings is 1. The lowest BCUT2D eigenvalue weighted by Crippen LogP contribution is -2.36. The zero-order valence-corrected chi connectivity index (χ0v) is 12.4. The molecule has 106 valence electrons. The van der Waals surface area contributed by atoms with Crippen molar-refractivity contribution in [1.82, 2.24) is 10.2 Å². The van der Waals surface area contributed by atoms with E-state index < -0.39 is 0 Å². The predicted molar refractivity (Wildman–Crippen MR) is 81.0 cm³/mol. The third kappa shape index (κ3) is 1.97. The van der Waals surface area contributed by atoms with Crippen LogP contribution in [0.1, 0.15) is 24.3 Å². The number of amides is 1. The van der Waals surface area contributed by atoms with Crippen LogP contribution in [0.25, 0.3) is 0 Å². The van der Waals surface area contributed by atoms with E-state index in [9.17, 15) is 4.79 Å². The average Bonchev–Trinajstić information content (AvgIpc) is 3.20. The largest absolute Gasteiger partial charge is 0.342 e. The van der Waals surface area contributed by atoms with E-state index in [1.54, 1.807) is 0 Å². The van der Waals surface area contributed by atoms with E-state index in [1.807, 2.05) is 11.8 Å².